The molecular formula is C13H10FN3O2. The van der Waals surface area contributed by atoms with Gasteiger partial charge in [-0.3, -0.25) is 4.68 Å². The molecule has 1 N–H and O–H groups in total. The molecule has 0 aliphatic carbocycles. The summed E-state index contributed by atoms with van der Waals surface area (Å²) in [6.07, 6.45) is 1.36. The van der Waals surface area contributed by atoms with Crippen molar-refractivity contribution in [3.63, 3.8) is 0 Å². The van der Waals surface area contributed by atoms with Crippen LogP contribution in [0.15, 0.2) is 24.4 Å². The van der Waals surface area contributed by atoms with Crippen LogP contribution in [-0.2, 0) is 6.54 Å². The molecule has 0 radical (unpaired) electrons. The van der Waals surface area contributed by atoms with Crippen LogP contribution in [-0.4, -0.2) is 20.9 Å². The highest BCUT2D eigenvalue weighted by Crippen LogP contribution is 2.13. The number of carboxylic acids is 1. The second-order valence-electron chi connectivity index (χ2n) is 4.04. The molecule has 0 atom stereocenters. The number of hydrogen-bond acceptors (Lipinski definition) is 3. The van der Waals surface area contributed by atoms with E-state index in [1.165, 1.54) is 29.1 Å². The van der Waals surface area contributed by atoms with Gasteiger partial charge in [0.1, 0.15) is 11.4 Å². The van der Waals surface area contributed by atoms with Gasteiger partial charge in [-0.05, 0) is 30.7 Å². The predicted octanol–water partition coefficient (Wildman–Crippen LogP) is 1.95. The lowest BCUT2D eigenvalue weighted by Gasteiger charge is -2.04. The summed E-state index contributed by atoms with van der Waals surface area (Å²) in [7, 11) is 0. The number of benzene rings is 1. The first kappa shape index (κ1) is 12.8. The van der Waals surface area contributed by atoms with Crippen LogP contribution in [0.5, 0.6) is 0 Å². The average molecular weight is 259 g/mol. The van der Waals surface area contributed by atoms with E-state index in [9.17, 15) is 9.18 Å². The lowest BCUT2D eigenvalue weighted by molar-refractivity contribution is 0.0696. The lowest BCUT2D eigenvalue weighted by atomic mass is 10.1. The molecule has 0 fully saturated rings. The SMILES string of the molecule is Cc1nn(Cc2cc(F)ccc2C#N)cc1C(=O)O. The average Bonchev–Trinajstić information content (AvgIpc) is 2.71. The van der Waals surface area contributed by atoms with E-state index >= 15 is 0 Å². The first-order chi connectivity index (χ1) is 9.01. The fraction of sp³-hybridized carbons (Fsp3) is 0.154. The van der Waals surface area contributed by atoms with Crippen molar-refractivity contribution in [2.24, 2.45) is 0 Å². The number of aromatic carboxylic acids is 1. The molecule has 19 heavy (non-hydrogen) atoms. The Morgan fingerprint density at radius 1 is 1.58 bits per heavy atom. The van der Waals surface area contributed by atoms with E-state index in [1.807, 2.05) is 6.07 Å². The molecule has 96 valence electrons. The van der Waals surface area contributed by atoms with Gasteiger partial charge in [-0.2, -0.15) is 10.4 Å². The standard InChI is InChI=1S/C13H10FN3O2/c1-8-12(13(18)19)7-17(16-8)6-10-4-11(14)3-2-9(10)5-15/h2-4,7H,6H2,1H3,(H,18,19). The summed E-state index contributed by atoms with van der Waals surface area (Å²) in [6, 6.07) is 5.80. The first-order valence-corrected chi connectivity index (χ1v) is 5.47. The molecule has 6 heteroatoms. The highest BCUT2D eigenvalue weighted by Gasteiger charge is 2.13. The van der Waals surface area contributed by atoms with Crippen LogP contribution in [0.1, 0.15) is 27.2 Å². The summed E-state index contributed by atoms with van der Waals surface area (Å²) < 4.78 is 14.5. The zero-order chi connectivity index (χ0) is 14.0. The number of carbonyl (C=O) groups is 1. The third-order valence-corrected chi connectivity index (χ3v) is 2.70. The molecule has 0 aliphatic heterocycles. The first-order valence-electron chi connectivity index (χ1n) is 5.47. The minimum atomic E-state index is -1.07. The number of hydrogen-bond donors (Lipinski definition) is 1. The third kappa shape index (κ3) is 2.60. The van der Waals surface area contributed by atoms with Gasteiger partial charge in [0, 0.05) is 6.20 Å². The quantitative estimate of drug-likeness (QED) is 0.913. The molecule has 0 bridgehead atoms. The van der Waals surface area contributed by atoms with Crippen LogP contribution in [0.25, 0.3) is 0 Å². The summed E-state index contributed by atoms with van der Waals surface area (Å²) in [5, 5.41) is 21.9. The maximum absolute atomic E-state index is 13.2. The number of nitrogens with zero attached hydrogens (tertiary/aromatic N) is 3. The van der Waals surface area contributed by atoms with Crippen molar-refractivity contribution >= 4 is 5.97 Å². The highest BCUT2D eigenvalue weighted by molar-refractivity contribution is 5.88. The van der Waals surface area contributed by atoms with E-state index in [0.717, 1.165) is 0 Å². The molecule has 1 aromatic carbocycles. The summed E-state index contributed by atoms with van der Waals surface area (Å²) in [5.74, 6) is -1.51. The molecule has 0 aliphatic rings. The van der Waals surface area contributed by atoms with E-state index in [0.29, 0.717) is 16.8 Å². The van der Waals surface area contributed by atoms with Crippen molar-refractivity contribution in [3.05, 3.63) is 52.6 Å². The second kappa shape index (κ2) is 4.90. The molecule has 0 unspecified atom stereocenters. The molecule has 5 nitrogen and oxygen atoms in total. The summed E-state index contributed by atoms with van der Waals surface area (Å²) in [5.41, 5.74) is 1.27. The number of halogens is 1. The molecule has 1 heterocycles. The van der Waals surface area contributed by atoms with Gasteiger partial charge in [-0.15, -0.1) is 0 Å². The zero-order valence-corrected chi connectivity index (χ0v) is 10.1. The van der Waals surface area contributed by atoms with Crippen LogP contribution >= 0.6 is 0 Å². The molecule has 0 saturated carbocycles. The van der Waals surface area contributed by atoms with Crippen molar-refractivity contribution in [3.8, 4) is 6.07 Å². The molecule has 0 saturated heterocycles. The normalized spacial score (nSPS) is 10.2. The summed E-state index contributed by atoms with van der Waals surface area (Å²) >= 11 is 0. The largest absolute Gasteiger partial charge is 0.478 e. The van der Waals surface area contributed by atoms with Gasteiger partial charge in [0.25, 0.3) is 0 Å². The molecule has 2 aromatic rings. The Bertz CT molecular complexity index is 686. The summed E-state index contributed by atoms with van der Waals surface area (Å²) in [6.45, 7) is 1.73. The lowest BCUT2D eigenvalue weighted by Crippen LogP contribution is -2.03. The van der Waals surface area contributed by atoms with Crippen molar-refractivity contribution in [1.82, 2.24) is 9.78 Å². The molecular weight excluding hydrogens is 249 g/mol. The van der Waals surface area contributed by atoms with Crippen molar-refractivity contribution < 1.29 is 14.3 Å². The molecule has 0 spiro atoms. The van der Waals surface area contributed by atoms with Crippen molar-refractivity contribution in [2.75, 3.05) is 0 Å². The van der Waals surface area contributed by atoms with Gasteiger partial charge in [-0.1, -0.05) is 0 Å². The number of aromatic nitrogens is 2. The van der Waals surface area contributed by atoms with E-state index in [1.54, 1.807) is 6.92 Å². The maximum atomic E-state index is 13.2. The van der Waals surface area contributed by atoms with Crippen molar-refractivity contribution in [2.45, 2.75) is 13.5 Å². The highest BCUT2D eigenvalue weighted by atomic mass is 19.1. The Hall–Kier alpha value is -2.68. The fourth-order valence-corrected chi connectivity index (χ4v) is 1.79. The van der Waals surface area contributed by atoms with Gasteiger partial charge >= 0.3 is 5.97 Å². The van der Waals surface area contributed by atoms with Gasteiger partial charge < -0.3 is 5.11 Å². The predicted molar refractivity (Wildman–Crippen MR) is 64.1 cm³/mol. The number of rotatable bonds is 3. The van der Waals surface area contributed by atoms with Gasteiger partial charge in [-0.25, -0.2) is 9.18 Å². The molecule has 1 aromatic heterocycles. The number of aryl methyl sites for hydroxylation is 1. The van der Waals surface area contributed by atoms with Crippen LogP contribution in [0.3, 0.4) is 0 Å². The topological polar surface area (TPSA) is 78.9 Å². The van der Waals surface area contributed by atoms with Gasteiger partial charge in [0.05, 0.1) is 23.9 Å². The Kier molecular flexibility index (Phi) is 3.29. The second-order valence-corrected chi connectivity index (χ2v) is 4.04. The Morgan fingerprint density at radius 3 is 2.89 bits per heavy atom. The van der Waals surface area contributed by atoms with Crippen LogP contribution in [0.4, 0.5) is 4.39 Å². The van der Waals surface area contributed by atoms with Crippen LogP contribution in [0, 0.1) is 24.1 Å². The minimum absolute atomic E-state index is 0.0925. The Labute approximate surface area is 108 Å². The Balaban J connectivity index is 2.36. The summed E-state index contributed by atoms with van der Waals surface area (Å²) in [4.78, 5) is 10.9. The fourth-order valence-electron chi connectivity index (χ4n) is 1.79. The van der Waals surface area contributed by atoms with E-state index in [-0.39, 0.29) is 12.1 Å². The van der Waals surface area contributed by atoms with Crippen molar-refractivity contribution in [1.29, 1.82) is 5.26 Å². The maximum Gasteiger partial charge on any atom is 0.339 e. The van der Waals surface area contributed by atoms with E-state index in [4.69, 9.17) is 10.4 Å². The number of carboxylic acid groups (broad SMARTS) is 1. The minimum Gasteiger partial charge on any atom is -0.478 e. The zero-order valence-electron chi connectivity index (χ0n) is 10.1. The van der Waals surface area contributed by atoms with Crippen LogP contribution in [0.2, 0.25) is 0 Å². The smallest absolute Gasteiger partial charge is 0.339 e. The molecule has 2 rings (SSSR count). The monoisotopic (exact) mass is 259 g/mol. The van der Waals surface area contributed by atoms with Gasteiger partial charge in [0.2, 0.25) is 0 Å². The number of nitriles is 1. The molecule has 0 amide bonds. The van der Waals surface area contributed by atoms with Crippen LogP contribution < -0.4 is 0 Å². The van der Waals surface area contributed by atoms with E-state index < -0.39 is 11.8 Å². The third-order valence-electron chi connectivity index (χ3n) is 2.70. The van der Waals surface area contributed by atoms with Gasteiger partial charge in [0.15, 0.2) is 0 Å². The van der Waals surface area contributed by atoms with E-state index in [2.05, 4.69) is 5.10 Å². The Morgan fingerprint density at radius 2 is 2.32 bits per heavy atom.